The Morgan fingerprint density at radius 3 is 2.50 bits per heavy atom. The van der Waals surface area contributed by atoms with Crippen molar-refractivity contribution in [1.29, 1.82) is 10.8 Å². The molecule has 0 radical (unpaired) electrons. The Bertz CT molecular complexity index is 901. The predicted molar refractivity (Wildman–Crippen MR) is 143 cm³/mol. The van der Waals surface area contributed by atoms with Crippen molar-refractivity contribution in [3.63, 3.8) is 0 Å². The molecule has 1 aromatic heterocycles. The third-order valence-corrected chi connectivity index (χ3v) is 8.48. The fourth-order valence-corrected chi connectivity index (χ4v) is 6.17. The molecule has 1 saturated heterocycles. The minimum absolute atomic E-state index is 0.0391. The molecule has 1 aromatic rings. The van der Waals surface area contributed by atoms with Crippen LogP contribution in [-0.2, 0) is 4.79 Å². The molecule has 0 aromatic carbocycles. The number of nitrogens with one attached hydrogen (secondary N) is 3. The van der Waals surface area contributed by atoms with Gasteiger partial charge in [-0.1, -0.05) is 40.2 Å². The SMILES string of the molecule is C=C1C(CC(CC)N(C(C)=N)C(=N)C(C)C)N1CCC(NC(=O)C1CCCC1)c1ccc(C)s1. The molecule has 34 heavy (non-hydrogen) atoms. The maximum Gasteiger partial charge on any atom is 0.223 e. The molecule has 6 nitrogen and oxygen atoms in total. The fraction of sp³-hybridized carbons (Fsp3) is 0.667. The van der Waals surface area contributed by atoms with E-state index < -0.39 is 0 Å². The topological polar surface area (TPSA) is 83.1 Å². The van der Waals surface area contributed by atoms with Gasteiger partial charge in [0.05, 0.1) is 17.9 Å². The Labute approximate surface area is 209 Å². The predicted octanol–water partition coefficient (Wildman–Crippen LogP) is 6.09. The van der Waals surface area contributed by atoms with Gasteiger partial charge < -0.3 is 15.1 Å². The van der Waals surface area contributed by atoms with Gasteiger partial charge in [0.15, 0.2) is 0 Å². The van der Waals surface area contributed by atoms with E-state index in [0.717, 1.165) is 57.2 Å². The Morgan fingerprint density at radius 1 is 1.29 bits per heavy atom. The molecule has 1 aliphatic carbocycles. The van der Waals surface area contributed by atoms with Gasteiger partial charge in [-0.3, -0.25) is 15.6 Å². The van der Waals surface area contributed by atoms with Crippen LogP contribution < -0.4 is 5.32 Å². The lowest BCUT2D eigenvalue weighted by Gasteiger charge is -2.34. The number of aryl methyl sites for hydroxylation is 1. The Morgan fingerprint density at radius 2 is 1.97 bits per heavy atom. The number of carbonyl (C=O) groups excluding carboxylic acids is 1. The number of amidine groups is 2. The zero-order valence-electron chi connectivity index (χ0n) is 21.6. The summed E-state index contributed by atoms with van der Waals surface area (Å²) in [7, 11) is 0. The summed E-state index contributed by atoms with van der Waals surface area (Å²) in [6.07, 6.45) is 6.97. The second-order valence-electron chi connectivity index (χ2n) is 10.3. The lowest BCUT2D eigenvalue weighted by atomic mass is 10.0. The Kier molecular flexibility index (Phi) is 8.96. The van der Waals surface area contributed by atoms with Crippen molar-refractivity contribution < 1.29 is 4.79 Å². The lowest BCUT2D eigenvalue weighted by Crippen LogP contribution is -2.45. The molecule has 0 bridgehead atoms. The Balaban J connectivity index is 1.62. The number of amides is 1. The molecule has 2 aliphatic rings. The van der Waals surface area contributed by atoms with Crippen molar-refractivity contribution in [3.05, 3.63) is 34.2 Å². The summed E-state index contributed by atoms with van der Waals surface area (Å²) >= 11 is 1.77. The minimum atomic E-state index is 0.0391. The van der Waals surface area contributed by atoms with Crippen LogP contribution in [0.3, 0.4) is 0 Å². The first-order chi connectivity index (χ1) is 16.1. The average molecular weight is 486 g/mol. The summed E-state index contributed by atoms with van der Waals surface area (Å²) in [6.45, 7) is 15.2. The normalized spacial score (nSPS) is 19.9. The average Bonchev–Trinajstić information content (AvgIpc) is 3.21. The van der Waals surface area contributed by atoms with E-state index in [1.807, 2.05) is 18.7 Å². The highest BCUT2D eigenvalue weighted by Gasteiger charge is 2.41. The van der Waals surface area contributed by atoms with Crippen molar-refractivity contribution in [1.82, 2.24) is 15.1 Å². The zero-order valence-corrected chi connectivity index (χ0v) is 22.4. The maximum absolute atomic E-state index is 12.9. The molecule has 188 valence electrons. The minimum Gasteiger partial charge on any atom is -0.365 e. The Hall–Kier alpha value is -2.15. The zero-order chi connectivity index (χ0) is 25.0. The molecule has 3 N–H and O–H groups in total. The summed E-state index contributed by atoms with van der Waals surface area (Å²) in [5.74, 6) is 1.42. The van der Waals surface area contributed by atoms with Gasteiger partial charge in [-0.25, -0.2) is 0 Å². The first-order valence-corrected chi connectivity index (χ1v) is 13.7. The fourth-order valence-electron chi connectivity index (χ4n) is 5.21. The number of rotatable bonds is 11. The molecule has 1 aliphatic heterocycles. The molecule has 3 unspecified atom stereocenters. The molecule has 1 saturated carbocycles. The summed E-state index contributed by atoms with van der Waals surface area (Å²) in [4.78, 5) is 19.6. The van der Waals surface area contributed by atoms with Crippen LogP contribution in [0.15, 0.2) is 24.4 Å². The van der Waals surface area contributed by atoms with E-state index in [4.69, 9.17) is 10.8 Å². The lowest BCUT2D eigenvalue weighted by molar-refractivity contribution is -0.125. The van der Waals surface area contributed by atoms with Crippen LogP contribution in [0.2, 0.25) is 0 Å². The van der Waals surface area contributed by atoms with Crippen LogP contribution in [0.4, 0.5) is 0 Å². The van der Waals surface area contributed by atoms with Gasteiger partial charge in [0.2, 0.25) is 5.91 Å². The van der Waals surface area contributed by atoms with Crippen LogP contribution >= 0.6 is 11.3 Å². The third kappa shape index (κ3) is 6.29. The van der Waals surface area contributed by atoms with E-state index in [-0.39, 0.29) is 35.9 Å². The number of hydrogen-bond acceptors (Lipinski definition) is 5. The van der Waals surface area contributed by atoms with Crippen LogP contribution in [0.1, 0.15) is 88.4 Å². The highest BCUT2D eigenvalue weighted by atomic mass is 32.1. The van der Waals surface area contributed by atoms with Gasteiger partial charge in [-0.15, -0.1) is 11.3 Å². The second-order valence-corrected chi connectivity index (χ2v) is 11.6. The van der Waals surface area contributed by atoms with E-state index in [1.165, 1.54) is 9.75 Å². The van der Waals surface area contributed by atoms with Crippen molar-refractivity contribution in [2.45, 2.75) is 97.7 Å². The molecule has 3 atom stereocenters. The molecular weight excluding hydrogens is 442 g/mol. The second kappa shape index (κ2) is 11.5. The summed E-state index contributed by atoms with van der Waals surface area (Å²) < 4.78 is 0. The van der Waals surface area contributed by atoms with Crippen molar-refractivity contribution >= 4 is 28.9 Å². The van der Waals surface area contributed by atoms with Crippen molar-refractivity contribution in [3.8, 4) is 0 Å². The molecule has 2 fully saturated rings. The third-order valence-electron chi connectivity index (χ3n) is 7.37. The smallest absolute Gasteiger partial charge is 0.223 e. The molecule has 1 amide bonds. The summed E-state index contributed by atoms with van der Waals surface area (Å²) in [5, 5.41) is 20.1. The number of nitrogens with zero attached hydrogens (tertiary/aromatic N) is 2. The molecule has 0 spiro atoms. The van der Waals surface area contributed by atoms with Crippen LogP contribution in [0.25, 0.3) is 0 Å². The standard InChI is InChI=1S/C27H43N5OS/c1-7-22(32(20(6)28)26(29)17(2)3)16-24-19(5)31(24)15-14-23(25-13-12-18(4)34-25)30-27(33)21-10-8-9-11-21/h12-13,17,21-24,28-29H,5,7-11,14-16H2,1-4,6H3,(H,30,33). The number of carbonyl (C=O) groups is 1. The van der Waals surface area contributed by atoms with Gasteiger partial charge in [0, 0.05) is 39.9 Å². The molecular formula is C27H43N5OS. The highest BCUT2D eigenvalue weighted by molar-refractivity contribution is 7.12. The van der Waals surface area contributed by atoms with E-state index in [0.29, 0.717) is 11.7 Å². The maximum atomic E-state index is 12.9. The van der Waals surface area contributed by atoms with Gasteiger partial charge in [-0.2, -0.15) is 0 Å². The summed E-state index contributed by atoms with van der Waals surface area (Å²) in [6, 6.07) is 4.73. The largest absolute Gasteiger partial charge is 0.365 e. The first kappa shape index (κ1) is 26.5. The van der Waals surface area contributed by atoms with E-state index in [2.05, 4.69) is 42.8 Å². The van der Waals surface area contributed by atoms with E-state index in [9.17, 15) is 4.79 Å². The summed E-state index contributed by atoms with van der Waals surface area (Å²) in [5.41, 5.74) is 1.14. The quantitative estimate of drug-likeness (QED) is 0.201. The van der Waals surface area contributed by atoms with Gasteiger partial charge in [0.25, 0.3) is 0 Å². The van der Waals surface area contributed by atoms with Gasteiger partial charge in [0.1, 0.15) is 5.84 Å². The highest BCUT2D eigenvalue weighted by Crippen LogP contribution is 2.38. The van der Waals surface area contributed by atoms with E-state index >= 15 is 0 Å². The van der Waals surface area contributed by atoms with Gasteiger partial charge in [-0.05, 0) is 58.1 Å². The van der Waals surface area contributed by atoms with Crippen LogP contribution in [0.5, 0.6) is 0 Å². The van der Waals surface area contributed by atoms with E-state index in [1.54, 1.807) is 18.3 Å². The number of thiophene rings is 1. The molecule has 7 heteroatoms. The van der Waals surface area contributed by atoms with Crippen LogP contribution in [0, 0.1) is 29.6 Å². The van der Waals surface area contributed by atoms with Crippen molar-refractivity contribution in [2.24, 2.45) is 11.8 Å². The van der Waals surface area contributed by atoms with Crippen LogP contribution in [-0.4, -0.2) is 46.0 Å². The first-order valence-electron chi connectivity index (χ1n) is 12.9. The molecule has 2 heterocycles. The monoisotopic (exact) mass is 485 g/mol. The molecule has 3 rings (SSSR count). The van der Waals surface area contributed by atoms with Crippen molar-refractivity contribution in [2.75, 3.05) is 6.54 Å². The number of hydrogen-bond donors (Lipinski definition) is 3. The van der Waals surface area contributed by atoms with Gasteiger partial charge >= 0.3 is 0 Å².